The van der Waals surface area contributed by atoms with Gasteiger partial charge in [-0.25, -0.2) is 4.79 Å². The first-order valence-corrected chi connectivity index (χ1v) is 8.08. The van der Waals surface area contributed by atoms with Crippen LogP contribution in [0.1, 0.15) is 36.0 Å². The molecule has 1 aliphatic rings. The van der Waals surface area contributed by atoms with Crippen molar-refractivity contribution in [1.82, 2.24) is 4.90 Å². The average molecular weight is 329 g/mol. The zero-order chi connectivity index (χ0) is 17.1. The Balaban J connectivity index is 1.79. The summed E-state index contributed by atoms with van der Waals surface area (Å²) in [6.45, 7) is 1.06. The number of piperidine rings is 1. The van der Waals surface area contributed by atoms with Gasteiger partial charge in [-0.3, -0.25) is 9.59 Å². The third-order valence-electron chi connectivity index (χ3n) is 4.44. The lowest BCUT2D eigenvalue weighted by molar-refractivity contribution is -0.137. The van der Waals surface area contributed by atoms with Crippen molar-refractivity contribution >= 4 is 22.8 Å². The Bertz CT molecular complexity index is 826. The van der Waals surface area contributed by atoms with Gasteiger partial charge in [0.2, 0.25) is 0 Å². The lowest BCUT2D eigenvalue weighted by atomic mass is 9.93. The van der Waals surface area contributed by atoms with Crippen LogP contribution in [0.3, 0.4) is 0 Å². The first-order valence-electron chi connectivity index (χ1n) is 8.08. The van der Waals surface area contributed by atoms with E-state index in [0.29, 0.717) is 30.5 Å². The van der Waals surface area contributed by atoms with Crippen LogP contribution in [0.15, 0.2) is 39.5 Å². The van der Waals surface area contributed by atoms with Crippen LogP contribution in [0.25, 0.3) is 11.0 Å². The van der Waals surface area contributed by atoms with Gasteiger partial charge in [0.15, 0.2) is 0 Å². The van der Waals surface area contributed by atoms with Gasteiger partial charge in [0.1, 0.15) is 11.1 Å². The molecule has 1 amide bonds. The SMILES string of the molecule is O=C(O)CCC1CCCN(C(=O)c2cc3ccccc3oc2=O)C1. The highest BCUT2D eigenvalue weighted by atomic mass is 16.4. The molecule has 0 spiro atoms. The average Bonchev–Trinajstić information content (AvgIpc) is 2.59. The number of benzene rings is 1. The zero-order valence-corrected chi connectivity index (χ0v) is 13.2. The normalized spacial score (nSPS) is 17.8. The molecule has 1 N–H and O–H groups in total. The maximum atomic E-state index is 12.7. The predicted octanol–water partition coefficient (Wildman–Crippen LogP) is 2.51. The minimum Gasteiger partial charge on any atom is -0.481 e. The molecule has 2 heterocycles. The fourth-order valence-electron chi connectivity index (χ4n) is 3.19. The second kappa shape index (κ2) is 6.86. The molecule has 1 atom stereocenters. The number of hydrogen-bond acceptors (Lipinski definition) is 4. The van der Waals surface area contributed by atoms with Crippen LogP contribution in [0.5, 0.6) is 0 Å². The molecule has 2 aromatic rings. The maximum absolute atomic E-state index is 12.7. The Labute approximate surface area is 138 Å². The number of rotatable bonds is 4. The van der Waals surface area contributed by atoms with E-state index < -0.39 is 11.6 Å². The van der Waals surface area contributed by atoms with Gasteiger partial charge >= 0.3 is 11.6 Å². The van der Waals surface area contributed by atoms with E-state index in [0.717, 1.165) is 12.8 Å². The second-order valence-corrected chi connectivity index (χ2v) is 6.18. The summed E-state index contributed by atoms with van der Waals surface area (Å²) in [5.74, 6) is -1.01. The van der Waals surface area contributed by atoms with E-state index in [1.807, 2.05) is 6.07 Å². The molecule has 0 aliphatic carbocycles. The van der Waals surface area contributed by atoms with Crippen molar-refractivity contribution in [3.8, 4) is 0 Å². The van der Waals surface area contributed by atoms with Crippen molar-refractivity contribution < 1.29 is 19.1 Å². The Hall–Kier alpha value is -2.63. The molecular formula is C18H19NO5. The number of nitrogens with zero attached hydrogens (tertiary/aromatic N) is 1. The number of carbonyl (C=O) groups is 2. The molecule has 1 aliphatic heterocycles. The molecule has 1 fully saturated rings. The highest BCUT2D eigenvalue weighted by Gasteiger charge is 2.27. The fourth-order valence-corrected chi connectivity index (χ4v) is 3.19. The summed E-state index contributed by atoms with van der Waals surface area (Å²) in [6.07, 6.45) is 2.37. The van der Waals surface area contributed by atoms with Crippen LogP contribution in [-0.4, -0.2) is 35.0 Å². The Morgan fingerprint density at radius 1 is 1.29 bits per heavy atom. The van der Waals surface area contributed by atoms with Crippen LogP contribution in [0.2, 0.25) is 0 Å². The molecule has 126 valence electrons. The van der Waals surface area contributed by atoms with Gasteiger partial charge < -0.3 is 14.4 Å². The summed E-state index contributed by atoms with van der Waals surface area (Å²) >= 11 is 0. The van der Waals surface area contributed by atoms with E-state index in [1.165, 1.54) is 0 Å². The second-order valence-electron chi connectivity index (χ2n) is 6.18. The predicted molar refractivity (Wildman–Crippen MR) is 88.0 cm³/mol. The molecule has 6 nitrogen and oxygen atoms in total. The van der Waals surface area contributed by atoms with E-state index in [9.17, 15) is 14.4 Å². The number of carboxylic acids is 1. The van der Waals surface area contributed by atoms with Crippen molar-refractivity contribution in [2.45, 2.75) is 25.7 Å². The molecule has 24 heavy (non-hydrogen) atoms. The number of carbonyl (C=O) groups excluding carboxylic acids is 1. The molecule has 6 heteroatoms. The number of amides is 1. The van der Waals surface area contributed by atoms with Crippen molar-refractivity contribution in [3.05, 3.63) is 46.3 Å². The molecule has 1 saturated heterocycles. The molecule has 1 aromatic carbocycles. The lowest BCUT2D eigenvalue weighted by Crippen LogP contribution is -2.41. The van der Waals surface area contributed by atoms with Crippen molar-refractivity contribution in [2.75, 3.05) is 13.1 Å². The van der Waals surface area contributed by atoms with E-state index in [2.05, 4.69) is 0 Å². The first kappa shape index (κ1) is 16.2. The molecule has 0 saturated carbocycles. The largest absolute Gasteiger partial charge is 0.481 e. The van der Waals surface area contributed by atoms with Gasteiger partial charge in [0.25, 0.3) is 5.91 Å². The quantitative estimate of drug-likeness (QED) is 0.871. The monoisotopic (exact) mass is 329 g/mol. The molecule has 1 aromatic heterocycles. The van der Waals surface area contributed by atoms with Gasteiger partial charge in [-0.2, -0.15) is 0 Å². The van der Waals surface area contributed by atoms with Crippen molar-refractivity contribution in [3.63, 3.8) is 0 Å². The topological polar surface area (TPSA) is 87.8 Å². The molecular weight excluding hydrogens is 310 g/mol. The minimum absolute atomic E-state index is 0.0348. The van der Waals surface area contributed by atoms with Gasteiger partial charge in [-0.15, -0.1) is 0 Å². The number of fused-ring (bicyclic) bond motifs is 1. The molecule has 0 radical (unpaired) electrons. The highest BCUT2D eigenvalue weighted by molar-refractivity contribution is 5.96. The van der Waals surface area contributed by atoms with Gasteiger partial charge in [-0.1, -0.05) is 18.2 Å². The van der Waals surface area contributed by atoms with E-state index in [4.69, 9.17) is 9.52 Å². The smallest absolute Gasteiger partial charge is 0.349 e. The van der Waals surface area contributed by atoms with Crippen LogP contribution in [-0.2, 0) is 4.79 Å². The van der Waals surface area contributed by atoms with Gasteiger partial charge in [0.05, 0.1) is 0 Å². The van der Waals surface area contributed by atoms with E-state index >= 15 is 0 Å². The lowest BCUT2D eigenvalue weighted by Gasteiger charge is -2.32. The Kier molecular flexibility index (Phi) is 4.64. The van der Waals surface area contributed by atoms with Crippen LogP contribution >= 0.6 is 0 Å². The zero-order valence-electron chi connectivity index (χ0n) is 13.2. The number of para-hydroxylation sites is 1. The molecule has 1 unspecified atom stereocenters. The third-order valence-corrected chi connectivity index (χ3v) is 4.44. The maximum Gasteiger partial charge on any atom is 0.349 e. The Morgan fingerprint density at radius 3 is 2.88 bits per heavy atom. The molecule has 3 rings (SSSR count). The highest BCUT2D eigenvalue weighted by Crippen LogP contribution is 2.22. The summed E-state index contributed by atoms with van der Waals surface area (Å²) < 4.78 is 5.23. The molecule has 0 bridgehead atoms. The number of likely N-dealkylation sites (tertiary alicyclic amines) is 1. The van der Waals surface area contributed by atoms with Crippen LogP contribution in [0.4, 0.5) is 0 Å². The first-order chi connectivity index (χ1) is 11.5. The summed E-state index contributed by atoms with van der Waals surface area (Å²) in [4.78, 5) is 37.2. The summed E-state index contributed by atoms with van der Waals surface area (Å²) in [6, 6.07) is 8.64. The van der Waals surface area contributed by atoms with Crippen LogP contribution in [0, 0.1) is 5.92 Å². The third kappa shape index (κ3) is 3.48. The van der Waals surface area contributed by atoms with E-state index in [1.54, 1.807) is 29.2 Å². The number of carboxylic acid groups (broad SMARTS) is 1. The summed E-state index contributed by atoms with van der Waals surface area (Å²) in [7, 11) is 0. The van der Waals surface area contributed by atoms with Crippen molar-refractivity contribution in [1.29, 1.82) is 0 Å². The van der Waals surface area contributed by atoms with Crippen molar-refractivity contribution in [2.24, 2.45) is 5.92 Å². The van der Waals surface area contributed by atoms with Gasteiger partial charge in [-0.05, 0) is 37.3 Å². The van der Waals surface area contributed by atoms with Crippen LogP contribution < -0.4 is 5.63 Å². The number of aliphatic carboxylic acids is 1. The fraction of sp³-hybridized carbons (Fsp3) is 0.389. The van der Waals surface area contributed by atoms with E-state index in [-0.39, 0.29) is 23.8 Å². The number of hydrogen-bond donors (Lipinski definition) is 1. The van der Waals surface area contributed by atoms with Gasteiger partial charge in [0, 0.05) is 24.9 Å². The Morgan fingerprint density at radius 2 is 2.08 bits per heavy atom. The minimum atomic E-state index is -0.825. The summed E-state index contributed by atoms with van der Waals surface area (Å²) in [5.41, 5.74) is -0.143. The standard InChI is InChI=1S/C18H19NO5/c20-16(21)8-7-12-4-3-9-19(11-12)17(22)14-10-13-5-1-2-6-15(13)24-18(14)23/h1-2,5-6,10,12H,3-4,7-9,11H2,(H,20,21). The summed E-state index contributed by atoms with van der Waals surface area (Å²) in [5, 5.41) is 9.51.